The lowest BCUT2D eigenvalue weighted by Crippen LogP contribution is -2.04. The molecule has 0 aliphatic carbocycles. The van der Waals surface area contributed by atoms with Crippen LogP contribution >= 0.6 is 0 Å². The monoisotopic (exact) mass is 347 g/mol. The number of nitrogens with one attached hydrogen (secondary N) is 1. The lowest BCUT2D eigenvalue weighted by molar-refractivity contribution is -0.137. The third-order valence-corrected chi connectivity index (χ3v) is 3.70. The largest absolute Gasteiger partial charge is 0.418 e. The Hall–Kier alpha value is -2.87. The Morgan fingerprint density at radius 2 is 1.72 bits per heavy atom. The molecule has 1 N–H and O–H groups in total. The molecule has 2 aromatic carbocycles. The van der Waals surface area contributed by atoms with Gasteiger partial charge in [0.25, 0.3) is 0 Å². The van der Waals surface area contributed by atoms with Crippen LogP contribution in [0.2, 0.25) is 0 Å². The maximum atomic E-state index is 12.6. The van der Waals surface area contributed by atoms with Crippen LogP contribution in [0.5, 0.6) is 0 Å². The van der Waals surface area contributed by atoms with Gasteiger partial charge in [-0.15, -0.1) is 10.2 Å². The number of rotatable bonds is 4. The molecule has 1 fully saturated rings. The highest BCUT2D eigenvalue weighted by Crippen LogP contribution is 2.34. The molecule has 1 aromatic heterocycles. The van der Waals surface area contributed by atoms with Gasteiger partial charge in [0.2, 0.25) is 11.8 Å². The second kappa shape index (κ2) is 5.89. The fraction of sp³-hybridized carbons (Fsp3) is 0.176. The minimum absolute atomic E-state index is 0.142. The van der Waals surface area contributed by atoms with Gasteiger partial charge in [0.15, 0.2) is 6.10 Å². The van der Waals surface area contributed by atoms with E-state index in [2.05, 4.69) is 15.5 Å². The normalized spacial score (nSPS) is 16.7. The molecule has 3 aromatic rings. The highest BCUT2D eigenvalue weighted by atomic mass is 19.4. The molecular weight excluding hydrogens is 335 g/mol. The van der Waals surface area contributed by atoms with E-state index in [9.17, 15) is 13.2 Å². The van der Waals surface area contributed by atoms with Gasteiger partial charge in [0.1, 0.15) is 0 Å². The maximum absolute atomic E-state index is 12.6. The Balaban J connectivity index is 1.60. The molecule has 0 saturated carbocycles. The van der Waals surface area contributed by atoms with Crippen LogP contribution in [-0.4, -0.2) is 16.8 Å². The molecule has 1 aliphatic heterocycles. The van der Waals surface area contributed by atoms with E-state index in [0.29, 0.717) is 35.3 Å². The molecule has 1 aliphatic rings. The maximum Gasteiger partial charge on any atom is 0.416 e. The van der Waals surface area contributed by atoms with Gasteiger partial charge < -0.3 is 14.5 Å². The summed E-state index contributed by atoms with van der Waals surface area (Å²) in [5.74, 6) is 0.736. The summed E-state index contributed by atoms with van der Waals surface area (Å²) in [7, 11) is 0. The molecule has 25 heavy (non-hydrogen) atoms. The second-order valence-corrected chi connectivity index (χ2v) is 5.51. The Bertz CT molecular complexity index is 887. The van der Waals surface area contributed by atoms with Gasteiger partial charge in [-0.25, -0.2) is 0 Å². The van der Waals surface area contributed by atoms with E-state index in [4.69, 9.17) is 9.15 Å². The second-order valence-electron chi connectivity index (χ2n) is 5.51. The number of epoxide rings is 1. The number of hydrogen-bond acceptors (Lipinski definition) is 5. The minimum atomic E-state index is -4.36. The summed E-state index contributed by atoms with van der Waals surface area (Å²) >= 11 is 0. The van der Waals surface area contributed by atoms with Crippen molar-refractivity contribution in [2.24, 2.45) is 0 Å². The highest BCUT2D eigenvalue weighted by Gasteiger charge is 2.31. The number of hydrogen-bond donors (Lipinski definition) is 1. The first-order valence-electron chi connectivity index (χ1n) is 7.49. The van der Waals surface area contributed by atoms with E-state index in [-0.39, 0.29) is 6.10 Å². The topological polar surface area (TPSA) is 63.5 Å². The number of halogens is 3. The molecule has 5 nitrogen and oxygen atoms in total. The summed E-state index contributed by atoms with van der Waals surface area (Å²) in [6.45, 7) is 0.563. The summed E-state index contributed by atoms with van der Waals surface area (Å²) in [5.41, 5.74) is 1.12. The predicted octanol–water partition coefficient (Wildman–Crippen LogP) is 4.57. The molecule has 4 rings (SSSR count). The average molecular weight is 347 g/mol. The average Bonchev–Trinajstić information content (AvgIpc) is 3.33. The zero-order valence-electron chi connectivity index (χ0n) is 12.7. The quantitative estimate of drug-likeness (QED) is 0.701. The van der Waals surface area contributed by atoms with Crippen LogP contribution in [-0.2, 0) is 10.9 Å². The molecule has 1 unspecified atom stereocenters. The van der Waals surface area contributed by atoms with Crippen molar-refractivity contribution >= 4 is 11.4 Å². The first-order valence-corrected chi connectivity index (χ1v) is 7.49. The molecule has 1 saturated heterocycles. The standard InChI is InChI=1S/C17H12F3N3O2/c18-17(19,20)10-5-7-11(8-6-10)21-13-4-2-1-3-12(13)15-22-23-16(25-15)14-9-24-14/h1-8,14,21H,9H2. The zero-order valence-corrected chi connectivity index (χ0v) is 12.7. The number of nitrogens with zero attached hydrogens (tertiary/aromatic N) is 2. The van der Waals surface area contributed by atoms with E-state index in [1.54, 1.807) is 18.2 Å². The van der Waals surface area contributed by atoms with Crippen LogP contribution in [0, 0.1) is 0 Å². The van der Waals surface area contributed by atoms with Crippen molar-refractivity contribution in [2.75, 3.05) is 11.9 Å². The molecule has 0 amide bonds. The van der Waals surface area contributed by atoms with Gasteiger partial charge in [-0.2, -0.15) is 13.2 Å². The van der Waals surface area contributed by atoms with Crippen molar-refractivity contribution in [2.45, 2.75) is 12.3 Å². The zero-order chi connectivity index (χ0) is 17.4. The highest BCUT2D eigenvalue weighted by molar-refractivity contribution is 5.76. The lowest BCUT2D eigenvalue weighted by atomic mass is 10.1. The fourth-order valence-corrected chi connectivity index (χ4v) is 2.34. The Kier molecular flexibility index (Phi) is 3.69. The molecule has 0 radical (unpaired) electrons. The van der Waals surface area contributed by atoms with Gasteiger partial charge in [0, 0.05) is 5.69 Å². The van der Waals surface area contributed by atoms with Crippen molar-refractivity contribution in [3.63, 3.8) is 0 Å². The Labute approximate surface area is 140 Å². The van der Waals surface area contributed by atoms with Gasteiger partial charge >= 0.3 is 6.18 Å². The Morgan fingerprint density at radius 3 is 2.40 bits per heavy atom. The molecule has 1 atom stereocenters. The lowest BCUT2D eigenvalue weighted by Gasteiger charge is -2.11. The van der Waals surface area contributed by atoms with Gasteiger partial charge in [0.05, 0.1) is 23.4 Å². The molecule has 0 spiro atoms. The SMILES string of the molecule is FC(F)(F)c1ccc(Nc2ccccc2-c2nnc(C3CO3)o2)cc1. The number of para-hydroxylation sites is 1. The van der Waals surface area contributed by atoms with Crippen molar-refractivity contribution in [1.29, 1.82) is 0 Å². The molecule has 128 valence electrons. The third-order valence-electron chi connectivity index (χ3n) is 3.70. The van der Waals surface area contributed by atoms with Crippen LogP contribution in [0.1, 0.15) is 17.6 Å². The number of alkyl halides is 3. The predicted molar refractivity (Wildman–Crippen MR) is 83.2 cm³/mol. The van der Waals surface area contributed by atoms with Gasteiger partial charge in [-0.3, -0.25) is 0 Å². The number of anilines is 2. The number of benzene rings is 2. The molecule has 0 bridgehead atoms. The van der Waals surface area contributed by atoms with Gasteiger partial charge in [-0.1, -0.05) is 12.1 Å². The van der Waals surface area contributed by atoms with E-state index >= 15 is 0 Å². The van der Waals surface area contributed by atoms with Crippen molar-refractivity contribution < 1.29 is 22.3 Å². The first kappa shape index (κ1) is 15.6. The van der Waals surface area contributed by atoms with Crippen LogP contribution in [0.4, 0.5) is 24.5 Å². The van der Waals surface area contributed by atoms with E-state index in [1.165, 1.54) is 12.1 Å². The molecule has 8 heteroatoms. The van der Waals surface area contributed by atoms with Crippen LogP contribution < -0.4 is 5.32 Å². The van der Waals surface area contributed by atoms with E-state index < -0.39 is 11.7 Å². The molecular formula is C17H12F3N3O2. The summed E-state index contributed by atoms with van der Waals surface area (Å²) in [4.78, 5) is 0. The van der Waals surface area contributed by atoms with Crippen LogP contribution in [0.15, 0.2) is 52.9 Å². The summed E-state index contributed by atoms with van der Waals surface area (Å²) in [6.07, 6.45) is -4.50. The van der Waals surface area contributed by atoms with Crippen molar-refractivity contribution in [3.05, 3.63) is 60.0 Å². The molecule has 2 heterocycles. The minimum Gasteiger partial charge on any atom is -0.418 e. The van der Waals surface area contributed by atoms with Crippen molar-refractivity contribution in [1.82, 2.24) is 10.2 Å². The smallest absolute Gasteiger partial charge is 0.416 e. The number of aromatic nitrogens is 2. The fourth-order valence-electron chi connectivity index (χ4n) is 2.34. The summed E-state index contributed by atoms with van der Waals surface area (Å²) < 4.78 is 48.6. The Morgan fingerprint density at radius 1 is 1.00 bits per heavy atom. The van der Waals surface area contributed by atoms with Crippen molar-refractivity contribution in [3.8, 4) is 11.5 Å². The van der Waals surface area contributed by atoms with Crippen LogP contribution in [0.3, 0.4) is 0 Å². The van der Waals surface area contributed by atoms with E-state index in [0.717, 1.165) is 12.1 Å². The third kappa shape index (κ3) is 3.34. The number of ether oxygens (including phenoxy) is 1. The van der Waals surface area contributed by atoms with Gasteiger partial charge in [-0.05, 0) is 36.4 Å². The van der Waals surface area contributed by atoms with E-state index in [1.807, 2.05) is 6.07 Å². The summed E-state index contributed by atoms with van der Waals surface area (Å²) in [5, 5.41) is 11.0. The first-order chi connectivity index (χ1) is 12.0. The summed E-state index contributed by atoms with van der Waals surface area (Å²) in [6, 6.07) is 12.0. The van der Waals surface area contributed by atoms with Crippen LogP contribution in [0.25, 0.3) is 11.5 Å².